The Kier molecular flexibility index (Phi) is 2.59. The van der Waals surface area contributed by atoms with E-state index in [4.69, 9.17) is 9.47 Å². The summed E-state index contributed by atoms with van der Waals surface area (Å²) in [5, 5.41) is 0. The molecule has 0 amide bonds. The van der Waals surface area contributed by atoms with E-state index in [1.807, 2.05) is 0 Å². The molecule has 0 radical (unpaired) electrons. The van der Waals surface area contributed by atoms with Crippen LogP contribution in [0.25, 0.3) is 0 Å². The van der Waals surface area contributed by atoms with Crippen LogP contribution in [0.4, 0.5) is 0 Å². The highest BCUT2D eigenvalue weighted by atomic mass is 16.5. The molecule has 96 valence electrons. The molecule has 0 spiro atoms. The fraction of sp³-hybridized carbons (Fsp3) is 0.143. The standard InChI is InChI=1S/C14H11NO4/c1-18-9-4-2-8(3-5-9)14(17)11-6-12-10(15-11)7-13(16)19-12/h2-6,15H,7H2,1H3. The van der Waals surface area contributed by atoms with Crippen molar-refractivity contribution >= 4 is 11.8 Å². The Labute approximate surface area is 109 Å². The maximum absolute atomic E-state index is 12.2. The molecule has 0 saturated heterocycles. The van der Waals surface area contributed by atoms with E-state index in [1.54, 1.807) is 37.4 Å². The van der Waals surface area contributed by atoms with E-state index < -0.39 is 0 Å². The Morgan fingerprint density at radius 3 is 2.68 bits per heavy atom. The summed E-state index contributed by atoms with van der Waals surface area (Å²) in [4.78, 5) is 26.2. The lowest BCUT2D eigenvalue weighted by atomic mass is 10.1. The van der Waals surface area contributed by atoms with Crippen LogP contribution in [0, 0.1) is 0 Å². The molecule has 1 aliphatic rings. The van der Waals surface area contributed by atoms with Crippen LogP contribution in [0.2, 0.25) is 0 Å². The van der Waals surface area contributed by atoms with Gasteiger partial charge in [0.25, 0.3) is 0 Å². The second-order valence-corrected chi connectivity index (χ2v) is 4.23. The summed E-state index contributed by atoms with van der Waals surface area (Å²) in [7, 11) is 1.57. The molecule has 1 N–H and O–H groups in total. The average molecular weight is 257 g/mol. The van der Waals surface area contributed by atoms with Crippen molar-refractivity contribution < 1.29 is 19.1 Å². The Morgan fingerprint density at radius 2 is 2.05 bits per heavy atom. The zero-order valence-corrected chi connectivity index (χ0v) is 10.2. The number of hydrogen-bond donors (Lipinski definition) is 1. The second kappa shape index (κ2) is 4.28. The molecule has 5 heteroatoms. The number of ether oxygens (including phenoxy) is 2. The number of fused-ring (bicyclic) bond motifs is 1. The van der Waals surface area contributed by atoms with E-state index >= 15 is 0 Å². The zero-order chi connectivity index (χ0) is 13.4. The quantitative estimate of drug-likeness (QED) is 0.671. The Morgan fingerprint density at radius 1 is 1.32 bits per heavy atom. The fourth-order valence-electron chi connectivity index (χ4n) is 2.02. The maximum atomic E-state index is 12.2. The molecule has 5 nitrogen and oxygen atoms in total. The van der Waals surface area contributed by atoms with Crippen molar-refractivity contribution in [2.45, 2.75) is 6.42 Å². The summed E-state index contributed by atoms with van der Waals surface area (Å²) in [6, 6.07) is 8.40. The second-order valence-electron chi connectivity index (χ2n) is 4.23. The molecule has 3 rings (SSSR count). The number of rotatable bonds is 3. The van der Waals surface area contributed by atoms with Crippen molar-refractivity contribution in [3.8, 4) is 11.5 Å². The zero-order valence-electron chi connectivity index (χ0n) is 10.2. The first-order chi connectivity index (χ1) is 9.17. The Hall–Kier alpha value is -2.56. The number of esters is 1. The lowest BCUT2D eigenvalue weighted by Gasteiger charge is -2.01. The lowest BCUT2D eigenvalue weighted by molar-refractivity contribution is -0.131. The molecule has 0 saturated carbocycles. The number of hydrogen-bond acceptors (Lipinski definition) is 4. The molecule has 0 bridgehead atoms. The van der Waals surface area contributed by atoms with Gasteiger partial charge in [0.2, 0.25) is 5.78 Å². The van der Waals surface area contributed by atoms with Crippen molar-refractivity contribution in [2.24, 2.45) is 0 Å². The van der Waals surface area contributed by atoms with Gasteiger partial charge in [0.15, 0.2) is 5.75 Å². The molecule has 2 aromatic rings. The van der Waals surface area contributed by atoms with E-state index in [-0.39, 0.29) is 18.2 Å². The van der Waals surface area contributed by atoms with Gasteiger partial charge in [0, 0.05) is 11.6 Å². The van der Waals surface area contributed by atoms with Crippen LogP contribution >= 0.6 is 0 Å². The molecule has 1 aromatic heterocycles. The van der Waals surface area contributed by atoms with Gasteiger partial charge in [-0.1, -0.05) is 0 Å². The minimum Gasteiger partial charge on any atom is -0.497 e. The number of carbonyl (C=O) groups excluding carboxylic acids is 2. The highest BCUT2D eigenvalue weighted by molar-refractivity contribution is 6.08. The van der Waals surface area contributed by atoms with Gasteiger partial charge in [0.1, 0.15) is 5.75 Å². The molecular weight excluding hydrogens is 246 g/mol. The van der Waals surface area contributed by atoms with Crippen LogP contribution in [-0.2, 0) is 11.2 Å². The average Bonchev–Trinajstić information content (AvgIpc) is 2.95. The van der Waals surface area contributed by atoms with Gasteiger partial charge in [-0.25, -0.2) is 0 Å². The van der Waals surface area contributed by atoms with Gasteiger partial charge in [-0.2, -0.15) is 0 Å². The Balaban J connectivity index is 1.87. The molecule has 0 aliphatic carbocycles. The molecule has 1 aliphatic heterocycles. The largest absolute Gasteiger partial charge is 0.497 e. The van der Waals surface area contributed by atoms with E-state index in [2.05, 4.69) is 4.98 Å². The van der Waals surface area contributed by atoms with Crippen LogP contribution in [-0.4, -0.2) is 23.8 Å². The van der Waals surface area contributed by atoms with Gasteiger partial charge in [-0.05, 0) is 24.3 Å². The summed E-state index contributed by atoms with van der Waals surface area (Å²) in [6.45, 7) is 0. The molecule has 19 heavy (non-hydrogen) atoms. The minimum absolute atomic E-state index is 0.145. The third-order valence-corrected chi connectivity index (χ3v) is 3.00. The summed E-state index contributed by atoms with van der Waals surface area (Å²) in [6.07, 6.45) is 0.186. The highest BCUT2D eigenvalue weighted by Gasteiger charge is 2.25. The SMILES string of the molecule is COc1ccc(C(=O)c2cc3c([nH]2)CC(=O)O3)cc1. The number of ketones is 1. The number of aromatic nitrogens is 1. The summed E-state index contributed by atoms with van der Waals surface area (Å²) >= 11 is 0. The Bertz CT molecular complexity index is 629. The topological polar surface area (TPSA) is 68.4 Å². The first kappa shape index (κ1) is 11.5. The third kappa shape index (κ3) is 1.99. The van der Waals surface area contributed by atoms with Crippen molar-refractivity contribution in [2.75, 3.05) is 7.11 Å². The fourth-order valence-corrected chi connectivity index (χ4v) is 2.02. The minimum atomic E-state index is -0.301. The number of carbonyl (C=O) groups is 2. The number of nitrogens with one attached hydrogen (secondary N) is 1. The van der Waals surface area contributed by atoms with Crippen LogP contribution in [0.5, 0.6) is 11.5 Å². The van der Waals surface area contributed by atoms with Crippen LogP contribution in [0.3, 0.4) is 0 Å². The van der Waals surface area contributed by atoms with Gasteiger partial charge >= 0.3 is 5.97 Å². The monoisotopic (exact) mass is 257 g/mol. The summed E-state index contributed by atoms with van der Waals surface area (Å²) in [5.74, 6) is 0.694. The van der Waals surface area contributed by atoms with Gasteiger partial charge < -0.3 is 14.5 Å². The molecule has 1 aromatic carbocycles. The molecule has 2 heterocycles. The molecule has 0 atom stereocenters. The molecule has 0 fully saturated rings. The third-order valence-electron chi connectivity index (χ3n) is 3.00. The van der Waals surface area contributed by atoms with E-state index in [1.165, 1.54) is 0 Å². The first-order valence-corrected chi connectivity index (χ1v) is 5.78. The van der Waals surface area contributed by atoms with Crippen molar-refractivity contribution in [3.05, 3.63) is 47.3 Å². The summed E-state index contributed by atoms with van der Waals surface area (Å²) in [5.41, 5.74) is 1.62. The maximum Gasteiger partial charge on any atom is 0.317 e. The molecular formula is C14H11NO4. The van der Waals surface area contributed by atoms with Crippen LogP contribution in [0.1, 0.15) is 21.7 Å². The predicted molar refractivity (Wildman–Crippen MR) is 66.6 cm³/mol. The van der Waals surface area contributed by atoms with E-state index in [0.29, 0.717) is 28.5 Å². The number of benzene rings is 1. The van der Waals surface area contributed by atoms with Crippen LogP contribution in [0.15, 0.2) is 30.3 Å². The van der Waals surface area contributed by atoms with Gasteiger partial charge in [-0.15, -0.1) is 0 Å². The van der Waals surface area contributed by atoms with E-state index in [9.17, 15) is 9.59 Å². The van der Waals surface area contributed by atoms with Crippen molar-refractivity contribution in [1.29, 1.82) is 0 Å². The molecule has 0 unspecified atom stereocenters. The highest BCUT2D eigenvalue weighted by Crippen LogP contribution is 2.27. The van der Waals surface area contributed by atoms with Gasteiger partial charge in [0.05, 0.1) is 24.9 Å². The van der Waals surface area contributed by atoms with Crippen molar-refractivity contribution in [1.82, 2.24) is 4.98 Å². The first-order valence-electron chi connectivity index (χ1n) is 5.78. The number of aromatic amines is 1. The lowest BCUT2D eigenvalue weighted by Crippen LogP contribution is -2.05. The summed E-state index contributed by atoms with van der Waals surface area (Å²) < 4.78 is 10.0. The normalized spacial score (nSPS) is 13.0. The van der Waals surface area contributed by atoms with Crippen LogP contribution < -0.4 is 9.47 Å². The smallest absolute Gasteiger partial charge is 0.317 e. The van der Waals surface area contributed by atoms with Crippen molar-refractivity contribution in [3.63, 3.8) is 0 Å². The van der Waals surface area contributed by atoms with E-state index in [0.717, 1.165) is 0 Å². The predicted octanol–water partition coefficient (Wildman–Crippen LogP) is 1.72. The number of H-pyrrole nitrogens is 1. The number of methoxy groups -OCH3 is 1. The van der Waals surface area contributed by atoms with Gasteiger partial charge in [-0.3, -0.25) is 9.59 Å².